The largest absolute Gasteiger partial charge is 0.152 e. The number of hydrogen-bond donors (Lipinski definition) is 0. The van der Waals surface area contributed by atoms with Crippen molar-refractivity contribution in [2.75, 3.05) is 0 Å². The van der Waals surface area contributed by atoms with E-state index in [0.717, 1.165) is 0 Å². The topological polar surface area (TPSA) is 0 Å². The molecule has 0 fully saturated rings. The van der Waals surface area contributed by atoms with Gasteiger partial charge in [-0.25, -0.2) is 0 Å². The molecule has 0 unspecified atom stereocenters. The standard InChI is InChI=1S/C16H18S/c1-11-12(2)16(14-7-8-17-10-14)9-13-5-3-4-6-15(11)13/h7-10H,3-6H2,1-2H3. The zero-order valence-electron chi connectivity index (χ0n) is 10.5. The van der Waals surface area contributed by atoms with Crippen molar-refractivity contribution in [1.82, 2.24) is 0 Å². The van der Waals surface area contributed by atoms with Crippen molar-refractivity contribution in [3.8, 4) is 11.1 Å². The van der Waals surface area contributed by atoms with Gasteiger partial charge in [0.25, 0.3) is 0 Å². The van der Waals surface area contributed by atoms with Crippen molar-refractivity contribution in [1.29, 1.82) is 0 Å². The first kappa shape index (κ1) is 11.0. The van der Waals surface area contributed by atoms with Gasteiger partial charge in [-0.1, -0.05) is 6.07 Å². The quantitative estimate of drug-likeness (QED) is 0.666. The third kappa shape index (κ3) is 1.83. The Labute approximate surface area is 107 Å². The molecule has 0 N–H and O–H groups in total. The minimum Gasteiger partial charge on any atom is -0.152 e. The van der Waals surface area contributed by atoms with Gasteiger partial charge >= 0.3 is 0 Å². The van der Waals surface area contributed by atoms with E-state index in [0.29, 0.717) is 0 Å². The number of fused-ring (bicyclic) bond motifs is 1. The van der Waals surface area contributed by atoms with Crippen LogP contribution in [0.15, 0.2) is 22.9 Å². The van der Waals surface area contributed by atoms with Gasteiger partial charge in [-0.2, -0.15) is 11.3 Å². The van der Waals surface area contributed by atoms with E-state index < -0.39 is 0 Å². The van der Waals surface area contributed by atoms with E-state index in [4.69, 9.17) is 0 Å². The predicted octanol–water partition coefficient (Wildman–Crippen LogP) is 4.91. The molecule has 2 aromatic rings. The highest BCUT2D eigenvalue weighted by molar-refractivity contribution is 7.08. The Kier molecular flexibility index (Phi) is 2.79. The van der Waals surface area contributed by atoms with Crippen molar-refractivity contribution < 1.29 is 0 Å². The number of aryl methyl sites for hydroxylation is 1. The number of benzene rings is 1. The molecule has 0 amide bonds. The fraction of sp³-hybridized carbons (Fsp3) is 0.375. The Morgan fingerprint density at radius 1 is 1.06 bits per heavy atom. The van der Waals surface area contributed by atoms with Crippen LogP contribution in [0.25, 0.3) is 11.1 Å². The summed E-state index contributed by atoms with van der Waals surface area (Å²) in [6.45, 7) is 4.58. The summed E-state index contributed by atoms with van der Waals surface area (Å²) in [5, 5.41) is 4.43. The molecule has 1 heteroatoms. The zero-order valence-corrected chi connectivity index (χ0v) is 11.4. The molecule has 1 aliphatic carbocycles. The highest BCUT2D eigenvalue weighted by Gasteiger charge is 2.16. The predicted molar refractivity (Wildman–Crippen MR) is 75.9 cm³/mol. The van der Waals surface area contributed by atoms with Crippen LogP contribution in [0.2, 0.25) is 0 Å². The minimum atomic E-state index is 1.27. The third-order valence-electron chi connectivity index (χ3n) is 4.08. The van der Waals surface area contributed by atoms with Crippen LogP contribution in [0, 0.1) is 13.8 Å². The molecule has 1 heterocycles. The van der Waals surface area contributed by atoms with Gasteiger partial charge in [0, 0.05) is 0 Å². The molecule has 0 saturated carbocycles. The fourth-order valence-electron chi connectivity index (χ4n) is 2.94. The first-order valence-corrected chi connectivity index (χ1v) is 7.36. The summed E-state index contributed by atoms with van der Waals surface area (Å²) in [7, 11) is 0. The van der Waals surface area contributed by atoms with E-state index in [1.54, 1.807) is 22.5 Å². The van der Waals surface area contributed by atoms with E-state index in [9.17, 15) is 0 Å². The van der Waals surface area contributed by atoms with E-state index in [1.165, 1.54) is 47.9 Å². The van der Waals surface area contributed by atoms with Gasteiger partial charge in [0.15, 0.2) is 0 Å². The second-order valence-corrected chi connectivity index (χ2v) is 5.81. The van der Waals surface area contributed by atoms with Gasteiger partial charge in [-0.15, -0.1) is 0 Å². The first-order chi connectivity index (χ1) is 8.27. The summed E-state index contributed by atoms with van der Waals surface area (Å²) in [6, 6.07) is 4.68. The molecule has 3 rings (SSSR count). The molecule has 1 aromatic carbocycles. The van der Waals surface area contributed by atoms with Crippen LogP contribution >= 0.6 is 11.3 Å². The fourth-order valence-corrected chi connectivity index (χ4v) is 3.60. The average Bonchev–Trinajstić information content (AvgIpc) is 2.87. The maximum atomic E-state index is 2.44. The van der Waals surface area contributed by atoms with Crippen molar-refractivity contribution in [3.63, 3.8) is 0 Å². The summed E-state index contributed by atoms with van der Waals surface area (Å²) in [5.41, 5.74) is 9.08. The molecule has 0 saturated heterocycles. The number of thiophene rings is 1. The number of rotatable bonds is 1. The summed E-state index contributed by atoms with van der Waals surface area (Å²) >= 11 is 1.79. The SMILES string of the molecule is Cc1c(-c2ccsc2)cc2c(c1C)CCCC2. The minimum absolute atomic E-state index is 1.27. The van der Waals surface area contributed by atoms with Gasteiger partial charge in [-0.05, 0) is 89.7 Å². The molecule has 1 aromatic heterocycles. The maximum Gasteiger partial charge on any atom is -0.00146 e. The van der Waals surface area contributed by atoms with Crippen molar-refractivity contribution in [3.05, 3.63) is 45.1 Å². The molecule has 0 nitrogen and oxygen atoms in total. The lowest BCUT2D eigenvalue weighted by Gasteiger charge is -2.22. The Morgan fingerprint density at radius 3 is 2.65 bits per heavy atom. The van der Waals surface area contributed by atoms with Gasteiger partial charge in [0.1, 0.15) is 0 Å². The Hall–Kier alpha value is -1.08. The number of hydrogen-bond acceptors (Lipinski definition) is 1. The van der Waals surface area contributed by atoms with Crippen LogP contribution in [-0.4, -0.2) is 0 Å². The second kappa shape index (κ2) is 4.30. The Morgan fingerprint density at radius 2 is 1.88 bits per heavy atom. The van der Waals surface area contributed by atoms with E-state index in [1.807, 2.05) is 0 Å². The van der Waals surface area contributed by atoms with Crippen LogP contribution in [0.5, 0.6) is 0 Å². The van der Waals surface area contributed by atoms with E-state index in [-0.39, 0.29) is 0 Å². The maximum absolute atomic E-state index is 2.44. The van der Waals surface area contributed by atoms with Crippen LogP contribution in [0.1, 0.15) is 35.1 Å². The monoisotopic (exact) mass is 242 g/mol. The highest BCUT2D eigenvalue weighted by atomic mass is 32.1. The second-order valence-electron chi connectivity index (χ2n) is 5.03. The lowest BCUT2D eigenvalue weighted by atomic mass is 9.83. The van der Waals surface area contributed by atoms with Crippen molar-refractivity contribution in [2.45, 2.75) is 39.5 Å². The van der Waals surface area contributed by atoms with E-state index in [2.05, 4.69) is 36.7 Å². The van der Waals surface area contributed by atoms with Gasteiger partial charge < -0.3 is 0 Å². The third-order valence-corrected chi connectivity index (χ3v) is 4.76. The summed E-state index contributed by atoms with van der Waals surface area (Å²) in [4.78, 5) is 0. The van der Waals surface area contributed by atoms with Gasteiger partial charge in [0.2, 0.25) is 0 Å². The molecule has 17 heavy (non-hydrogen) atoms. The molecule has 0 aliphatic heterocycles. The van der Waals surface area contributed by atoms with Gasteiger partial charge in [-0.3, -0.25) is 0 Å². The van der Waals surface area contributed by atoms with Crippen molar-refractivity contribution in [2.24, 2.45) is 0 Å². The molecular weight excluding hydrogens is 224 g/mol. The van der Waals surface area contributed by atoms with Crippen LogP contribution in [0.4, 0.5) is 0 Å². The smallest absolute Gasteiger partial charge is 0.00146 e. The molecule has 1 aliphatic rings. The normalized spacial score (nSPS) is 14.7. The van der Waals surface area contributed by atoms with Gasteiger partial charge in [0.05, 0.1) is 0 Å². The zero-order chi connectivity index (χ0) is 11.8. The lowest BCUT2D eigenvalue weighted by Crippen LogP contribution is -2.07. The molecule has 0 spiro atoms. The Balaban J connectivity index is 2.21. The van der Waals surface area contributed by atoms with E-state index >= 15 is 0 Å². The molecule has 0 bridgehead atoms. The summed E-state index contributed by atoms with van der Waals surface area (Å²) in [5.74, 6) is 0. The summed E-state index contributed by atoms with van der Waals surface area (Å²) in [6.07, 6.45) is 5.28. The first-order valence-electron chi connectivity index (χ1n) is 6.42. The molecule has 0 radical (unpaired) electrons. The Bertz CT molecular complexity index is 535. The van der Waals surface area contributed by atoms with Crippen LogP contribution in [-0.2, 0) is 12.8 Å². The molecular formula is C16H18S. The van der Waals surface area contributed by atoms with Crippen molar-refractivity contribution >= 4 is 11.3 Å². The summed E-state index contributed by atoms with van der Waals surface area (Å²) < 4.78 is 0. The molecule has 0 atom stereocenters. The van der Waals surface area contributed by atoms with Crippen LogP contribution in [0.3, 0.4) is 0 Å². The van der Waals surface area contributed by atoms with Crippen LogP contribution < -0.4 is 0 Å². The average molecular weight is 242 g/mol. The lowest BCUT2D eigenvalue weighted by molar-refractivity contribution is 0.681. The highest BCUT2D eigenvalue weighted by Crippen LogP contribution is 2.34. The molecule has 88 valence electrons.